The van der Waals surface area contributed by atoms with Crippen LogP contribution in [0.5, 0.6) is 0 Å². The van der Waals surface area contributed by atoms with Gasteiger partial charge in [0.15, 0.2) is 5.82 Å². The molecule has 0 radical (unpaired) electrons. The fourth-order valence-corrected chi connectivity index (χ4v) is 5.07. The second-order valence-corrected chi connectivity index (χ2v) is 9.25. The molecular formula is C20H18ClN5O4S. The first-order valence-electron chi connectivity index (χ1n) is 9.44. The van der Waals surface area contributed by atoms with Gasteiger partial charge in [-0.15, -0.1) is 10.2 Å². The number of aromatic nitrogens is 2. The zero-order valence-electron chi connectivity index (χ0n) is 16.3. The zero-order chi connectivity index (χ0) is 22.0. The molecule has 1 saturated heterocycles. The van der Waals surface area contributed by atoms with E-state index in [0.717, 1.165) is 11.6 Å². The van der Waals surface area contributed by atoms with Crippen LogP contribution in [0.1, 0.15) is 0 Å². The molecule has 2 aromatic carbocycles. The second-order valence-electron chi connectivity index (χ2n) is 6.90. The lowest BCUT2D eigenvalue weighted by Crippen LogP contribution is -2.49. The van der Waals surface area contributed by atoms with Crippen LogP contribution in [-0.2, 0) is 10.0 Å². The highest BCUT2D eigenvalue weighted by molar-refractivity contribution is 7.89. The molecule has 0 amide bonds. The van der Waals surface area contributed by atoms with E-state index < -0.39 is 14.9 Å². The molecule has 0 spiro atoms. The van der Waals surface area contributed by atoms with E-state index in [0.29, 0.717) is 29.6 Å². The summed E-state index contributed by atoms with van der Waals surface area (Å²) in [5.41, 5.74) is 1.19. The molecule has 1 aromatic heterocycles. The van der Waals surface area contributed by atoms with Crippen LogP contribution in [-0.4, -0.2) is 54.0 Å². The van der Waals surface area contributed by atoms with Crippen LogP contribution < -0.4 is 4.90 Å². The Morgan fingerprint density at radius 2 is 1.68 bits per heavy atom. The number of rotatable bonds is 5. The minimum Gasteiger partial charge on any atom is -0.352 e. The van der Waals surface area contributed by atoms with Crippen molar-refractivity contribution in [1.29, 1.82) is 0 Å². The molecule has 31 heavy (non-hydrogen) atoms. The van der Waals surface area contributed by atoms with Gasteiger partial charge in [-0.05, 0) is 24.3 Å². The third-order valence-corrected chi connectivity index (χ3v) is 7.25. The van der Waals surface area contributed by atoms with Crippen LogP contribution in [0.2, 0.25) is 5.02 Å². The number of hydrogen-bond acceptors (Lipinski definition) is 7. The van der Waals surface area contributed by atoms with Crippen molar-refractivity contribution < 1.29 is 13.3 Å². The second kappa shape index (κ2) is 8.58. The molecule has 0 aliphatic carbocycles. The maximum atomic E-state index is 12.9. The van der Waals surface area contributed by atoms with Gasteiger partial charge in [0.25, 0.3) is 5.69 Å². The summed E-state index contributed by atoms with van der Waals surface area (Å²) in [6.45, 7) is 1.32. The summed E-state index contributed by atoms with van der Waals surface area (Å²) in [4.78, 5) is 12.2. The fraction of sp³-hybridized carbons (Fsp3) is 0.200. The molecule has 0 N–H and O–H groups in total. The topological polar surface area (TPSA) is 110 Å². The number of sulfonamides is 1. The predicted octanol–water partition coefficient (Wildman–Crippen LogP) is 3.22. The van der Waals surface area contributed by atoms with Gasteiger partial charge in [0, 0.05) is 43.9 Å². The molecule has 0 saturated carbocycles. The SMILES string of the molecule is O=[N+]([O-])c1cccc(S(=O)(=O)N2CCN(c3ccc(-c4ccccc4Cl)nn3)CC2)c1. The van der Waals surface area contributed by atoms with Gasteiger partial charge in [0.1, 0.15) is 0 Å². The van der Waals surface area contributed by atoms with Crippen LogP contribution in [0.25, 0.3) is 11.3 Å². The van der Waals surface area contributed by atoms with Crippen molar-refractivity contribution in [3.05, 3.63) is 75.8 Å². The molecule has 9 nitrogen and oxygen atoms in total. The Hall–Kier alpha value is -3.08. The Balaban J connectivity index is 1.45. The number of halogens is 1. The zero-order valence-corrected chi connectivity index (χ0v) is 17.8. The smallest absolute Gasteiger partial charge is 0.270 e. The van der Waals surface area contributed by atoms with Crippen molar-refractivity contribution in [2.45, 2.75) is 4.90 Å². The largest absolute Gasteiger partial charge is 0.352 e. The van der Waals surface area contributed by atoms with Crippen LogP contribution in [0.15, 0.2) is 65.6 Å². The van der Waals surface area contributed by atoms with E-state index in [4.69, 9.17) is 11.6 Å². The Morgan fingerprint density at radius 1 is 0.935 bits per heavy atom. The molecule has 2 heterocycles. The Kier molecular flexibility index (Phi) is 5.86. The van der Waals surface area contributed by atoms with Gasteiger partial charge < -0.3 is 4.90 Å². The van der Waals surface area contributed by atoms with E-state index in [1.165, 1.54) is 22.5 Å². The van der Waals surface area contributed by atoms with Crippen molar-refractivity contribution in [2.75, 3.05) is 31.1 Å². The summed E-state index contributed by atoms with van der Waals surface area (Å²) >= 11 is 6.21. The van der Waals surface area contributed by atoms with Crippen LogP contribution in [0, 0.1) is 10.1 Å². The number of nitro benzene ring substituents is 1. The number of non-ortho nitro benzene ring substituents is 1. The molecule has 4 rings (SSSR count). The molecule has 1 aliphatic rings. The van der Waals surface area contributed by atoms with Crippen molar-refractivity contribution in [1.82, 2.24) is 14.5 Å². The average Bonchev–Trinajstić information content (AvgIpc) is 2.80. The summed E-state index contributed by atoms with van der Waals surface area (Å²) < 4.78 is 27.1. The summed E-state index contributed by atoms with van der Waals surface area (Å²) in [6.07, 6.45) is 0. The van der Waals surface area contributed by atoms with Gasteiger partial charge >= 0.3 is 0 Å². The first-order valence-corrected chi connectivity index (χ1v) is 11.3. The molecular weight excluding hydrogens is 442 g/mol. The van der Waals surface area contributed by atoms with Crippen molar-refractivity contribution >= 4 is 33.1 Å². The minimum atomic E-state index is -3.82. The quantitative estimate of drug-likeness (QED) is 0.425. The average molecular weight is 460 g/mol. The first kappa shape index (κ1) is 21.2. The third kappa shape index (κ3) is 4.36. The molecule has 160 valence electrons. The normalized spacial score (nSPS) is 15.1. The van der Waals surface area contributed by atoms with Gasteiger partial charge in [0.2, 0.25) is 10.0 Å². The molecule has 1 fully saturated rings. The molecule has 11 heteroatoms. The Labute approximate surface area is 184 Å². The molecule has 0 atom stereocenters. The van der Waals surface area contributed by atoms with Gasteiger partial charge in [-0.2, -0.15) is 4.31 Å². The van der Waals surface area contributed by atoms with Crippen molar-refractivity contribution in [3.8, 4) is 11.3 Å². The van der Waals surface area contributed by atoms with Crippen LogP contribution >= 0.6 is 11.6 Å². The van der Waals surface area contributed by atoms with Gasteiger partial charge in [0.05, 0.1) is 20.5 Å². The highest BCUT2D eigenvalue weighted by Gasteiger charge is 2.30. The summed E-state index contributed by atoms with van der Waals surface area (Å²) in [5, 5.41) is 20.1. The molecule has 1 aliphatic heterocycles. The van der Waals surface area contributed by atoms with E-state index in [9.17, 15) is 18.5 Å². The number of nitro groups is 1. The van der Waals surface area contributed by atoms with Crippen LogP contribution in [0.3, 0.4) is 0 Å². The van der Waals surface area contributed by atoms with Gasteiger partial charge in [-0.25, -0.2) is 8.42 Å². The van der Waals surface area contributed by atoms with E-state index in [-0.39, 0.29) is 23.7 Å². The number of anilines is 1. The van der Waals surface area contributed by atoms with Gasteiger partial charge in [-0.3, -0.25) is 10.1 Å². The number of piperazine rings is 1. The first-order chi connectivity index (χ1) is 14.9. The summed E-state index contributed by atoms with van der Waals surface area (Å²) in [6, 6.07) is 16.1. The number of nitrogens with zero attached hydrogens (tertiary/aromatic N) is 5. The van der Waals surface area contributed by atoms with E-state index in [1.807, 2.05) is 35.2 Å². The lowest BCUT2D eigenvalue weighted by Gasteiger charge is -2.34. The number of hydrogen-bond donors (Lipinski definition) is 0. The lowest BCUT2D eigenvalue weighted by molar-refractivity contribution is -0.385. The lowest BCUT2D eigenvalue weighted by atomic mass is 10.1. The Morgan fingerprint density at radius 3 is 2.32 bits per heavy atom. The monoisotopic (exact) mass is 459 g/mol. The third-order valence-electron chi connectivity index (χ3n) is 5.03. The van der Waals surface area contributed by atoms with E-state index in [1.54, 1.807) is 6.07 Å². The highest BCUT2D eigenvalue weighted by Crippen LogP contribution is 2.27. The standard InChI is InChI=1S/C20H18ClN5O4S/c21-18-7-2-1-6-17(18)19-8-9-20(23-22-19)24-10-12-25(13-11-24)31(29,30)16-5-3-4-15(14-16)26(27)28/h1-9,14H,10-13H2. The summed E-state index contributed by atoms with van der Waals surface area (Å²) in [5.74, 6) is 0.642. The maximum absolute atomic E-state index is 12.9. The van der Waals surface area contributed by atoms with E-state index in [2.05, 4.69) is 10.2 Å². The van der Waals surface area contributed by atoms with E-state index >= 15 is 0 Å². The maximum Gasteiger partial charge on any atom is 0.270 e. The molecule has 0 unspecified atom stereocenters. The van der Waals surface area contributed by atoms with Crippen molar-refractivity contribution in [2.24, 2.45) is 0 Å². The predicted molar refractivity (Wildman–Crippen MR) is 117 cm³/mol. The minimum absolute atomic E-state index is 0.0842. The molecule has 0 bridgehead atoms. The fourth-order valence-electron chi connectivity index (χ4n) is 3.37. The number of benzene rings is 2. The molecule has 3 aromatic rings. The van der Waals surface area contributed by atoms with Gasteiger partial charge in [-0.1, -0.05) is 35.9 Å². The summed E-state index contributed by atoms with van der Waals surface area (Å²) in [7, 11) is -3.82. The van der Waals surface area contributed by atoms with Crippen molar-refractivity contribution in [3.63, 3.8) is 0 Å². The highest BCUT2D eigenvalue weighted by atomic mass is 35.5. The van der Waals surface area contributed by atoms with Crippen LogP contribution in [0.4, 0.5) is 11.5 Å². The Bertz CT molecular complexity index is 1210.